The van der Waals surface area contributed by atoms with Crippen molar-refractivity contribution < 1.29 is 4.74 Å². The highest BCUT2D eigenvalue weighted by atomic mass is 16.5. The highest BCUT2D eigenvalue weighted by Crippen LogP contribution is 2.41. The maximum absolute atomic E-state index is 9.15. The third-order valence-corrected chi connectivity index (χ3v) is 4.47. The zero-order chi connectivity index (χ0) is 17.5. The highest BCUT2D eigenvalue weighted by molar-refractivity contribution is 5.85. The minimum atomic E-state index is -0.0411. The first kappa shape index (κ1) is 16.3. The smallest absolute Gasteiger partial charge is 0.189 e. The van der Waals surface area contributed by atoms with Crippen molar-refractivity contribution in [3.8, 4) is 17.3 Å². The molecule has 0 bridgehead atoms. The molecule has 0 saturated carbocycles. The van der Waals surface area contributed by atoms with Crippen LogP contribution in [-0.4, -0.2) is 16.6 Å². The first-order valence-electron chi connectivity index (χ1n) is 8.27. The largest absolute Gasteiger partial charge is 0.478 e. The van der Waals surface area contributed by atoms with Crippen molar-refractivity contribution in [3.63, 3.8) is 0 Å². The standard InChI is InChI=1S/C20H23N3O/c1-13(2)24-19-11-20(3,4)16-10-14(6-8-17(16)22-19)18-9-7-15(12-21)23(18)5/h6-10,13H,11H2,1-5H3. The van der Waals surface area contributed by atoms with E-state index in [0.29, 0.717) is 5.69 Å². The molecule has 1 aliphatic heterocycles. The van der Waals surface area contributed by atoms with Crippen molar-refractivity contribution in [2.75, 3.05) is 0 Å². The first-order chi connectivity index (χ1) is 11.3. The summed E-state index contributed by atoms with van der Waals surface area (Å²) in [7, 11) is 1.92. The number of fused-ring (bicyclic) bond motifs is 1. The van der Waals surface area contributed by atoms with Crippen molar-refractivity contribution in [1.82, 2.24) is 4.57 Å². The van der Waals surface area contributed by atoms with Crippen molar-refractivity contribution in [2.24, 2.45) is 12.0 Å². The molecule has 0 aliphatic carbocycles. The van der Waals surface area contributed by atoms with Gasteiger partial charge in [0.15, 0.2) is 5.90 Å². The van der Waals surface area contributed by atoms with Gasteiger partial charge in [0.25, 0.3) is 0 Å². The maximum atomic E-state index is 9.15. The Bertz CT molecular complexity index is 850. The summed E-state index contributed by atoms with van der Waals surface area (Å²) < 4.78 is 7.77. The van der Waals surface area contributed by atoms with Crippen LogP contribution in [0.4, 0.5) is 5.69 Å². The van der Waals surface area contributed by atoms with Gasteiger partial charge in [0.1, 0.15) is 11.8 Å². The summed E-state index contributed by atoms with van der Waals surface area (Å²) in [5.74, 6) is 0.806. The first-order valence-corrected chi connectivity index (χ1v) is 8.27. The molecule has 0 atom stereocenters. The summed E-state index contributed by atoms with van der Waals surface area (Å²) >= 11 is 0. The number of nitrogens with zero attached hydrogens (tertiary/aromatic N) is 3. The lowest BCUT2D eigenvalue weighted by Gasteiger charge is -2.32. The number of ether oxygens (including phenoxy) is 1. The van der Waals surface area contributed by atoms with Crippen molar-refractivity contribution >= 4 is 11.6 Å². The van der Waals surface area contributed by atoms with E-state index < -0.39 is 0 Å². The van der Waals surface area contributed by atoms with Gasteiger partial charge in [-0.3, -0.25) is 0 Å². The van der Waals surface area contributed by atoms with Gasteiger partial charge in [-0.25, -0.2) is 4.99 Å². The maximum Gasteiger partial charge on any atom is 0.189 e. The molecule has 0 N–H and O–H groups in total. The predicted molar refractivity (Wildman–Crippen MR) is 96.5 cm³/mol. The SMILES string of the molecule is CC(C)OC1=Nc2ccc(-c3ccc(C#N)n3C)cc2C(C)(C)C1. The molecular formula is C20H23N3O. The second-order valence-electron chi connectivity index (χ2n) is 7.24. The van der Waals surface area contributed by atoms with Crippen LogP contribution in [0.1, 0.15) is 45.4 Å². The molecule has 1 aromatic carbocycles. The molecular weight excluding hydrogens is 298 g/mol. The van der Waals surface area contributed by atoms with Gasteiger partial charge in [0, 0.05) is 24.6 Å². The minimum Gasteiger partial charge on any atom is -0.478 e. The molecule has 2 aromatic rings. The second kappa shape index (κ2) is 5.83. The Morgan fingerprint density at radius 2 is 2.00 bits per heavy atom. The fourth-order valence-corrected chi connectivity index (χ4v) is 3.24. The van der Waals surface area contributed by atoms with Gasteiger partial charge < -0.3 is 9.30 Å². The number of rotatable bonds is 2. The van der Waals surface area contributed by atoms with E-state index in [1.807, 2.05) is 43.7 Å². The molecule has 0 amide bonds. The third kappa shape index (κ3) is 2.82. The van der Waals surface area contributed by atoms with Crippen molar-refractivity contribution in [1.29, 1.82) is 5.26 Å². The van der Waals surface area contributed by atoms with Crippen LogP contribution >= 0.6 is 0 Å². The molecule has 2 heterocycles. The topological polar surface area (TPSA) is 50.3 Å². The molecule has 4 nitrogen and oxygen atoms in total. The van der Waals surface area contributed by atoms with Gasteiger partial charge in [-0.05, 0) is 49.2 Å². The van der Waals surface area contributed by atoms with E-state index in [0.717, 1.165) is 29.3 Å². The number of benzene rings is 1. The van der Waals surface area contributed by atoms with Crippen molar-refractivity contribution in [2.45, 2.75) is 45.6 Å². The Kier molecular flexibility index (Phi) is 3.96. The second-order valence-corrected chi connectivity index (χ2v) is 7.24. The Hall–Kier alpha value is -2.54. The number of aliphatic imine (C=N–C) groups is 1. The Morgan fingerprint density at radius 1 is 1.25 bits per heavy atom. The van der Waals surface area contributed by atoms with E-state index in [1.54, 1.807) is 0 Å². The zero-order valence-corrected chi connectivity index (χ0v) is 14.9. The van der Waals surface area contributed by atoms with Gasteiger partial charge in [-0.2, -0.15) is 5.26 Å². The van der Waals surface area contributed by atoms with Gasteiger partial charge in [0.2, 0.25) is 0 Å². The summed E-state index contributed by atoms with van der Waals surface area (Å²) in [5, 5.41) is 9.15. The fraction of sp³-hybridized carbons (Fsp3) is 0.400. The quantitative estimate of drug-likeness (QED) is 0.805. The average molecular weight is 321 g/mol. The minimum absolute atomic E-state index is 0.0411. The van der Waals surface area contributed by atoms with Crippen LogP contribution in [0, 0.1) is 11.3 Å². The molecule has 0 fully saturated rings. The Balaban J connectivity index is 2.07. The highest BCUT2D eigenvalue weighted by Gasteiger charge is 2.31. The molecule has 4 heteroatoms. The molecule has 3 rings (SSSR count). The summed E-state index contributed by atoms with van der Waals surface area (Å²) in [6, 6.07) is 12.4. The van der Waals surface area contributed by atoms with Crippen LogP contribution in [0.25, 0.3) is 11.3 Å². The summed E-state index contributed by atoms with van der Waals surface area (Å²) in [5.41, 5.74) is 4.96. The molecule has 0 radical (unpaired) electrons. The van der Waals surface area contributed by atoms with E-state index in [9.17, 15) is 0 Å². The van der Waals surface area contributed by atoms with Crippen LogP contribution in [0.15, 0.2) is 35.3 Å². The van der Waals surface area contributed by atoms with Crippen LogP contribution in [0.5, 0.6) is 0 Å². The van der Waals surface area contributed by atoms with Gasteiger partial charge in [-0.1, -0.05) is 19.9 Å². The lowest BCUT2D eigenvalue weighted by atomic mass is 9.78. The average Bonchev–Trinajstić information content (AvgIpc) is 2.86. The van der Waals surface area contributed by atoms with Gasteiger partial charge in [-0.15, -0.1) is 0 Å². The van der Waals surface area contributed by atoms with E-state index in [-0.39, 0.29) is 11.5 Å². The van der Waals surface area contributed by atoms with Gasteiger partial charge in [0.05, 0.1) is 11.8 Å². The molecule has 24 heavy (non-hydrogen) atoms. The summed E-state index contributed by atoms with van der Waals surface area (Å²) in [6.07, 6.45) is 0.922. The van der Waals surface area contributed by atoms with E-state index in [1.165, 1.54) is 5.56 Å². The van der Waals surface area contributed by atoms with E-state index in [2.05, 4.69) is 32.0 Å². The normalized spacial score (nSPS) is 15.6. The Labute approximate surface area is 143 Å². The van der Waals surface area contributed by atoms with Crippen LogP contribution in [0.2, 0.25) is 0 Å². The van der Waals surface area contributed by atoms with Crippen LogP contribution in [-0.2, 0) is 17.2 Å². The van der Waals surface area contributed by atoms with Crippen LogP contribution < -0.4 is 0 Å². The number of nitriles is 1. The number of aromatic nitrogens is 1. The number of hydrogen-bond acceptors (Lipinski definition) is 3. The third-order valence-electron chi connectivity index (χ3n) is 4.47. The lowest BCUT2D eigenvalue weighted by molar-refractivity contribution is 0.214. The molecule has 124 valence electrons. The Morgan fingerprint density at radius 3 is 2.62 bits per heavy atom. The van der Waals surface area contributed by atoms with Crippen molar-refractivity contribution in [3.05, 3.63) is 41.6 Å². The van der Waals surface area contributed by atoms with Crippen LogP contribution in [0.3, 0.4) is 0 Å². The lowest BCUT2D eigenvalue weighted by Crippen LogP contribution is -2.28. The summed E-state index contributed by atoms with van der Waals surface area (Å²) in [4.78, 5) is 4.70. The van der Waals surface area contributed by atoms with E-state index in [4.69, 9.17) is 15.0 Å². The molecule has 1 aliphatic rings. The number of hydrogen-bond donors (Lipinski definition) is 0. The van der Waals surface area contributed by atoms with Gasteiger partial charge >= 0.3 is 0 Å². The molecule has 0 saturated heterocycles. The monoisotopic (exact) mass is 321 g/mol. The van der Waals surface area contributed by atoms with E-state index >= 15 is 0 Å². The summed E-state index contributed by atoms with van der Waals surface area (Å²) in [6.45, 7) is 8.49. The molecule has 1 aromatic heterocycles. The fourth-order valence-electron chi connectivity index (χ4n) is 3.24. The molecule has 0 spiro atoms. The zero-order valence-electron chi connectivity index (χ0n) is 14.9. The predicted octanol–water partition coefficient (Wildman–Crippen LogP) is 4.70. The molecule has 0 unspecified atom stereocenters.